The highest BCUT2D eigenvalue weighted by Gasteiger charge is 2.23. The SMILES string of the molecule is CN(C)CCCOC1CCC(NC(=O)Oc2ccc(Cl)cc2)CC1. The number of hydrogen-bond acceptors (Lipinski definition) is 4. The van der Waals surface area contributed by atoms with Gasteiger partial charge in [0.2, 0.25) is 0 Å². The first-order chi connectivity index (χ1) is 11.5. The van der Waals surface area contributed by atoms with Crippen LogP contribution in [0.5, 0.6) is 5.75 Å². The van der Waals surface area contributed by atoms with Crippen LogP contribution >= 0.6 is 11.6 Å². The van der Waals surface area contributed by atoms with Crippen LogP contribution in [0.15, 0.2) is 24.3 Å². The summed E-state index contributed by atoms with van der Waals surface area (Å²) in [6.07, 6.45) is 4.77. The van der Waals surface area contributed by atoms with Crippen molar-refractivity contribution in [3.05, 3.63) is 29.3 Å². The second-order valence-corrected chi connectivity index (χ2v) is 6.93. The molecule has 0 bridgehead atoms. The van der Waals surface area contributed by atoms with E-state index in [9.17, 15) is 4.79 Å². The van der Waals surface area contributed by atoms with Crippen LogP contribution in [0.2, 0.25) is 5.02 Å². The maximum absolute atomic E-state index is 11.9. The molecule has 0 heterocycles. The van der Waals surface area contributed by atoms with E-state index < -0.39 is 6.09 Å². The topological polar surface area (TPSA) is 50.8 Å². The largest absolute Gasteiger partial charge is 0.412 e. The van der Waals surface area contributed by atoms with E-state index in [1.165, 1.54) is 0 Å². The van der Waals surface area contributed by atoms with Gasteiger partial charge in [-0.1, -0.05) is 11.6 Å². The molecule has 1 N–H and O–H groups in total. The number of amides is 1. The smallest absolute Gasteiger partial charge is 0.410 e. The molecular formula is C18H27ClN2O3. The first kappa shape index (κ1) is 19.0. The predicted octanol–water partition coefficient (Wildman–Crippen LogP) is 3.71. The summed E-state index contributed by atoms with van der Waals surface area (Å²) in [4.78, 5) is 14.1. The minimum atomic E-state index is -0.410. The Morgan fingerprint density at radius 3 is 2.50 bits per heavy atom. The number of hydrogen-bond donors (Lipinski definition) is 1. The number of nitrogens with zero attached hydrogens (tertiary/aromatic N) is 1. The first-order valence-corrected chi connectivity index (χ1v) is 8.91. The highest BCUT2D eigenvalue weighted by Crippen LogP contribution is 2.22. The average Bonchev–Trinajstić information content (AvgIpc) is 2.55. The third kappa shape index (κ3) is 7.07. The minimum absolute atomic E-state index is 0.159. The van der Waals surface area contributed by atoms with Gasteiger partial charge >= 0.3 is 6.09 Å². The quantitative estimate of drug-likeness (QED) is 0.758. The van der Waals surface area contributed by atoms with Gasteiger partial charge in [-0.15, -0.1) is 0 Å². The van der Waals surface area contributed by atoms with Crippen molar-refractivity contribution in [2.45, 2.75) is 44.2 Å². The highest BCUT2D eigenvalue weighted by molar-refractivity contribution is 6.30. The molecule has 0 unspecified atom stereocenters. The lowest BCUT2D eigenvalue weighted by atomic mass is 9.93. The van der Waals surface area contributed by atoms with E-state index in [-0.39, 0.29) is 6.04 Å². The number of carbonyl (C=O) groups excluding carboxylic acids is 1. The van der Waals surface area contributed by atoms with Gasteiger partial charge in [0.1, 0.15) is 5.75 Å². The van der Waals surface area contributed by atoms with Gasteiger partial charge in [-0.05, 0) is 77.0 Å². The maximum Gasteiger partial charge on any atom is 0.412 e. The summed E-state index contributed by atoms with van der Waals surface area (Å²) in [5.74, 6) is 0.495. The molecule has 1 fully saturated rings. The second kappa shape index (κ2) is 9.87. The third-order valence-corrected chi connectivity index (χ3v) is 4.38. The van der Waals surface area contributed by atoms with Gasteiger partial charge in [0.05, 0.1) is 6.10 Å². The van der Waals surface area contributed by atoms with Crippen LogP contribution < -0.4 is 10.1 Å². The molecule has 1 aromatic rings. The van der Waals surface area contributed by atoms with E-state index >= 15 is 0 Å². The summed E-state index contributed by atoms with van der Waals surface area (Å²) in [5.41, 5.74) is 0. The van der Waals surface area contributed by atoms with E-state index in [1.807, 2.05) is 0 Å². The Morgan fingerprint density at radius 1 is 1.21 bits per heavy atom. The van der Waals surface area contributed by atoms with Crippen molar-refractivity contribution in [2.75, 3.05) is 27.2 Å². The standard InChI is InChI=1S/C18H27ClN2O3/c1-21(2)12-3-13-23-16-10-6-15(7-11-16)20-18(22)24-17-8-4-14(19)5-9-17/h4-5,8-9,15-16H,3,6-7,10-13H2,1-2H3,(H,20,22). The highest BCUT2D eigenvalue weighted by atomic mass is 35.5. The van der Waals surface area contributed by atoms with Crippen molar-refractivity contribution in [1.29, 1.82) is 0 Å². The number of benzene rings is 1. The van der Waals surface area contributed by atoms with Gasteiger partial charge in [0.15, 0.2) is 0 Å². The van der Waals surface area contributed by atoms with E-state index in [1.54, 1.807) is 24.3 Å². The second-order valence-electron chi connectivity index (χ2n) is 6.49. The summed E-state index contributed by atoms with van der Waals surface area (Å²) in [6.45, 7) is 1.85. The molecule has 5 nitrogen and oxygen atoms in total. The Morgan fingerprint density at radius 2 is 1.88 bits per heavy atom. The van der Waals surface area contributed by atoms with Crippen LogP contribution in [0.1, 0.15) is 32.1 Å². The molecule has 1 saturated carbocycles. The van der Waals surface area contributed by atoms with Crippen LogP contribution in [0, 0.1) is 0 Å². The van der Waals surface area contributed by atoms with Crippen molar-refractivity contribution < 1.29 is 14.3 Å². The summed E-state index contributed by atoms with van der Waals surface area (Å²) >= 11 is 5.81. The molecule has 2 rings (SSSR count). The molecule has 0 radical (unpaired) electrons. The Labute approximate surface area is 149 Å². The fraction of sp³-hybridized carbons (Fsp3) is 0.611. The van der Waals surface area contributed by atoms with Crippen molar-refractivity contribution in [3.63, 3.8) is 0 Å². The maximum atomic E-state index is 11.9. The molecule has 0 spiro atoms. The molecule has 6 heteroatoms. The van der Waals surface area contributed by atoms with E-state index in [0.29, 0.717) is 16.9 Å². The fourth-order valence-electron chi connectivity index (χ4n) is 2.81. The van der Waals surface area contributed by atoms with Crippen LogP contribution in [0.4, 0.5) is 4.79 Å². The monoisotopic (exact) mass is 354 g/mol. The zero-order valence-corrected chi connectivity index (χ0v) is 15.2. The molecule has 0 saturated heterocycles. The van der Waals surface area contributed by atoms with E-state index in [0.717, 1.165) is 45.3 Å². The molecule has 0 aromatic heterocycles. The molecule has 1 amide bonds. The van der Waals surface area contributed by atoms with Gasteiger partial charge in [0, 0.05) is 17.7 Å². The molecular weight excluding hydrogens is 328 g/mol. The lowest BCUT2D eigenvalue weighted by Gasteiger charge is -2.29. The van der Waals surface area contributed by atoms with Crippen LogP contribution in [-0.4, -0.2) is 50.4 Å². The normalized spacial score (nSPS) is 20.8. The Balaban J connectivity index is 1.62. The van der Waals surface area contributed by atoms with E-state index in [4.69, 9.17) is 21.1 Å². The summed E-state index contributed by atoms with van der Waals surface area (Å²) < 4.78 is 11.2. The van der Waals surface area contributed by atoms with Crippen molar-refractivity contribution in [1.82, 2.24) is 10.2 Å². The van der Waals surface area contributed by atoms with Gasteiger partial charge < -0.3 is 19.7 Å². The van der Waals surface area contributed by atoms with Gasteiger partial charge in [-0.25, -0.2) is 4.79 Å². The number of rotatable bonds is 7. The van der Waals surface area contributed by atoms with Crippen LogP contribution in [0.3, 0.4) is 0 Å². The van der Waals surface area contributed by atoms with Crippen molar-refractivity contribution in [3.8, 4) is 5.75 Å². The van der Waals surface area contributed by atoms with Gasteiger partial charge in [-0.3, -0.25) is 0 Å². The third-order valence-electron chi connectivity index (χ3n) is 4.12. The van der Waals surface area contributed by atoms with Gasteiger partial charge in [0.25, 0.3) is 0 Å². The minimum Gasteiger partial charge on any atom is -0.410 e. The lowest BCUT2D eigenvalue weighted by Crippen LogP contribution is -2.40. The number of nitrogens with one attached hydrogen (secondary N) is 1. The lowest BCUT2D eigenvalue weighted by molar-refractivity contribution is 0.0195. The number of ether oxygens (including phenoxy) is 2. The number of halogens is 1. The van der Waals surface area contributed by atoms with Crippen molar-refractivity contribution >= 4 is 17.7 Å². The molecule has 1 aliphatic carbocycles. The van der Waals surface area contributed by atoms with Crippen LogP contribution in [-0.2, 0) is 4.74 Å². The Kier molecular flexibility index (Phi) is 7.82. The number of carbonyl (C=O) groups is 1. The van der Waals surface area contributed by atoms with E-state index in [2.05, 4.69) is 24.3 Å². The zero-order chi connectivity index (χ0) is 17.4. The molecule has 0 atom stereocenters. The first-order valence-electron chi connectivity index (χ1n) is 8.53. The van der Waals surface area contributed by atoms with Crippen LogP contribution in [0.25, 0.3) is 0 Å². The fourth-order valence-corrected chi connectivity index (χ4v) is 2.94. The summed E-state index contributed by atoms with van der Waals surface area (Å²) in [6, 6.07) is 6.92. The molecule has 24 heavy (non-hydrogen) atoms. The Hall–Kier alpha value is -1.30. The Bertz CT molecular complexity index is 499. The molecule has 134 valence electrons. The molecule has 0 aliphatic heterocycles. The average molecular weight is 355 g/mol. The predicted molar refractivity (Wildman–Crippen MR) is 95.8 cm³/mol. The summed E-state index contributed by atoms with van der Waals surface area (Å²) in [5, 5.41) is 3.55. The zero-order valence-electron chi connectivity index (χ0n) is 14.5. The molecule has 1 aliphatic rings. The summed E-state index contributed by atoms with van der Waals surface area (Å²) in [7, 11) is 4.14. The van der Waals surface area contributed by atoms with Gasteiger partial charge in [-0.2, -0.15) is 0 Å². The van der Waals surface area contributed by atoms with Crippen molar-refractivity contribution in [2.24, 2.45) is 0 Å². The molecule has 1 aromatic carbocycles.